The third-order valence-corrected chi connectivity index (χ3v) is 4.14. The lowest BCUT2D eigenvalue weighted by atomic mass is 10.0. The molecule has 122 valence electrons. The summed E-state index contributed by atoms with van der Waals surface area (Å²) in [5, 5.41) is 15.7. The Morgan fingerprint density at radius 3 is 2.78 bits per heavy atom. The van der Waals surface area contributed by atoms with Gasteiger partial charge in [-0.25, -0.2) is 14.8 Å². The highest BCUT2D eigenvalue weighted by atomic mass is 16.3. The molecule has 7 heteroatoms. The van der Waals surface area contributed by atoms with E-state index in [2.05, 4.69) is 20.6 Å². The minimum Gasteiger partial charge on any atom is -0.388 e. The molecule has 0 unspecified atom stereocenters. The fourth-order valence-corrected chi connectivity index (χ4v) is 2.77. The fourth-order valence-electron chi connectivity index (χ4n) is 2.77. The van der Waals surface area contributed by atoms with E-state index in [0.29, 0.717) is 13.1 Å². The Bertz CT molecular complexity index is 633. The second kappa shape index (κ2) is 6.78. The van der Waals surface area contributed by atoms with Gasteiger partial charge in [-0.05, 0) is 24.5 Å². The molecule has 0 atom stereocenters. The number of carbonyl (C=O) groups is 1. The smallest absolute Gasteiger partial charge is 0.315 e. The predicted octanol–water partition coefficient (Wildman–Crippen LogP) is 1.37. The number of hydrogen-bond acceptors (Lipinski definition) is 4. The number of carbonyl (C=O) groups excluding carboxylic acids is 1. The highest BCUT2D eigenvalue weighted by Gasteiger charge is 2.31. The highest BCUT2D eigenvalue weighted by molar-refractivity contribution is 5.73. The normalized spacial score (nSPS) is 16.2. The van der Waals surface area contributed by atoms with Gasteiger partial charge in [0, 0.05) is 31.7 Å². The van der Waals surface area contributed by atoms with E-state index in [1.165, 1.54) is 0 Å². The van der Waals surface area contributed by atoms with Crippen LogP contribution in [0.25, 0.3) is 5.82 Å². The maximum atomic E-state index is 11.8. The molecule has 2 aromatic heterocycles. The van der Waals surface area contributed by atoms with Crippen molar-refractivity contribution in [1.82, 2.24) is 25.2 Å². The minimum absolute atomic E-state index is 0.274. The summed E-state index contributed by atoms with van der Waals surface area (Å²) in [5.74, 6) is 0.777. The van der Waals surface area contributed by atoms with Crippen LogP contribution in [0.15, 0.2) is 37.1 Å². The monoisotopic (exact) mass is 315 g/mol. The van der Waals surface area contributed by atoms with Gasteiger partial charge in [0.15, 0.2) is 0 Å². The van der Waals surface area contributed by atoms with Gasteiger partial charge in [-0.3, -0.25) is 4.57 Å². The van der Waals surface area contributed by atoms with Gasteiger partial charge in [0.05, 0.1) is 5.60 Å². The summed E-state index contributed by atoms with van der Waals surface area (Å²) in [4.78, 5) is 20.1. The Morgan fingerprint density at radius 1 is 1.30 bits per heavy atom. The van der Waals surface area contributed by atoms with Gasteiger partial charge >= 0.3 is 6.03 Å². The van der Waals surface area contributed by atoms with E-state index in [9.17, 15) is 9.90 Å². The second-order valence-corrected chi connectivity index (χ2v) is 5.96. The first kappa shape index (κ1) is 15.5. The molecule has 23 heavy (non-hydrogen) atoms. The van der Waals surface area contributed by atoms with Crippen LogP contribution >= 0.6 is 0 Å². The van der Waals surface area contributed by atoms with Crippen molar-refractivity contribution in [2.75, 3.05) is 6.54 Å². The van der Waals surface area contributed by atoms with E-state index < -0.39 is 5.60 Å². The Kier molecular flexibility index (Phi) is 4.57. The van der Waals surface area contributed by atoms with Crippen LogP contribution in [0.5, 0.6) is 0 Å². The summed E-state index contributed by atoms with van der Waals surface area (Å²) in [6.07, 6.45) is 10.5. The molecule has 7 nitrogen and oxygen atoms in total. The SMILES string of the molecule is O=C(NCc1ccc(-n2ccnc2)nc1)NCC1(O)CCCC1. The van der Waals surface area contributed by atoms with E-state index in [1.54, 1.807) is 18.7 Å². The van der Waals surface area contributed by atoms with Crippen LogP contribution in [-0.4, -0.2) is 37.8 Å². The van der Waals surface area contributed by atoms with E-state index in [1.807, 2.05) is 22.9 Å². The number of hydrogen-bond donors (Lipinski definition) is 3. The molecule has 1 saturated carbocycles. The molecule has 1 aliphatic rings. The Morgan fingerprint density at radius 2 is 2.13 bits per heavy atom. The number of amides is 2. The zero-order valence-corrected chi connectivity index (χ0v) is 12.9. The van der Waals surface area contributed by atoms with Crippen LogP contribution in [-0.2, 0) is 6.54 Å². The average molecular weight is 315 g/mol. The van der Waals surface area contributed by atoms with Crippen LogP contribution in [0.1, 0.15) is 31.2 Å². The third kappa shape index (κ3) is 4.07. The first-order valence-electron chi connectivity index (χ1n) is 7.82. The van der Waals surface area contributed by atoms with Crippen molar-refractivity contribution in [3.63, 3.8) is 0 Å². The summed E-state index contributed by atoms with van der Waals surface area (Å²) in [6, 6.07) is 3.51. The van der Waals surface area contributed by atoms with Crippen molar-refractivity contribution in [2.24, 2.45) is 0 Å². The summed E-state index contributed by atoms with van der Waals surface area (Å²) >= 11 is 0. The lowest BCUT2D eigenvalue weighted by Gasteiger charge is -2.22. The molecule has 1 fully saturated rings. The first-order valence-corrected chi connectivity index (χ1v) is 7.82. The van der Waals surface area contributed by atoms with Crippen molar-refractivity contribution in [3.05, 3.63) is 42.6 Å². The van der Waals surface area contributed by atoms with E-state index >= 15 is 0 Å². The summed E-state index contributed by atoms with van der Waals surface area (Å²) < 4.78 is 1.81. The molecule has 1 aliphatic carbocycles. The van der Waals surface area contributed by atoms with Gasteiger partial charge in [-0.15, -0.1) is 0 Å². The second-order valence-electron chi connectivity index (χ2n) is 5.96. The molecule has 0 spiro atoms. The van der Waals surface area contributed by atoms with Gasteiger partial charge in [0.1, 0.15) is 12.1 Å². The molecule has 0 saturated heterocycles. The Hall–Kier alpha value is -2.41. The molecule has 0 aliphatic heterocycles. The van der Waals surface area contributed by atoms with Crippen LogP contribution in [0.2, 0.25) is 0 Å². The van der Waals surface area contributed by atoms with Crippen molar-refractivity contribution < 1.29 is 9.90 Å². The van der Waals surface area contributed by atoms with E-state index in [0.717, 1.165) is 37.1 Å². The molecular formula is C16H21N5O2. The van der Waals surface area contributed by atoms with Gasteiger partial charge < -0.3 is 15.7 Å². The standard InChI is InChI=1S/C16H21N5O2/c22-15(20-11-16(23)5-1-2-6-16)19-10-13-3-4-14(18-9-13)21-8-7-17-12-21/h3-4,7-9,12,23H,1-2,5-6,10-11H2,(H2,19,20,22). The molecule has 0 radical (unpaired) electrons. The van der Waals surface area contributed by atoms with Gasteiger partial charge in [-0.1, -0.05) is 18.9 Å². The topological polar surface area (TPSA) is 92.1 Å². The van der Waals surface area contributed by atoms with Crippen molar-refractivity contribution >= 4 is 6.03 Å². The summed E-state index contributed by atoms with van der Waals surface area (Å²) in [7, 11) is 0. The predicted molar refractivity (Wildman–Crippen MR) is 85.0 cm³/mol. The zero-order valence-electron chi connectivity index (χ0n) is 12.9. The molecule has 0 bridgehead atoms. The Balaban J connectivity index is 1.45. The molecule has 2 aromatic rings. The van der Waals surface area contributed by atoms with Gasteiger partial charge in [-0.2, -0.15) is 0 Å². The molecule has 0 aromatic carbocycles. The fraction of sp³-hybridized carbons (Fsp3) is 0.438. The van der Waals surface area contributed by atoms with Crippen molar-refractivity contribution in [2.45, 2.75) is 37.8 Å². The Labute approximate surface area is 134 Å². The quantitative estimate of drug-likeness (QED) is 0.777. The number of nitrogens with zero attached hydrogens (tertiary/aromatic N) is 3. The number of pyridine rings is 1. The third-order valence-electron chi connectivity index (χ3n) is 4.14. The van der Waals surface area contributed by atoms with Gasteiger partial charge in [0.25, 0.3) is 0 Å². The largest absolute Gasteiger partial charge is 0.388 e. The molecule has 2 heterocycles. The van der Waals surface area contributed by atoms with E-state index in [-0.39, 0.29) is 6.03 Å². The maximum Gasteiger partial charge on any atom is 0.315 e. The molecule has 2 amide bonds. The van der Waals surface area contributed by atoms with Crippen LogP contribution in [0.3, 0.4) is 0 Å². The van der Waals surface area contributed by atoms with Crippen LogP contribution < -0.4 is 10.6 Å². The molecule has 3 rings (SSSR count). The van der Waals surface area contributed by atoms with E-state index in [4.69, 9.17) is 0 Å². The lowest BCUT2D eigenvalue weighted by Crippen LogP contribution is -2.44. The summed E-state index contributed by atoms with van der Waals surface area (Å²) in [5.41, 5.74) is 0.175. The number of urea groups is 1. The van der Waals surface area contributed by atoms with Crippen LogP contribution in [0.4, 0.5) is 4.79 Å². The number of rotatable bonds is 5. The highest BCUT2D eigenvalue weighted by Crippen LogP contribution is 2.28. The number of aromatic nitrogens is 3. The lowest BCUT2D eigenvalue weighted by molar-refractivity contribution is 0.0501. The number of aliphatic hydroxyl groups is 1. The first-order chi connectivity index (χ1) is 11.1. The van der Waals surface area contributed by atoms with Gasteiger partial charge in [0.2, 0.25) is 0 Å². The zero-order chi connectivity index (χ0) is 16.1. The van der Waals surface area contributed by atoms with Crippen molar-refractivity contribution in [1.29, 1.82) is 0 Å². The number of nitrogens with one attached hydrogen (secondary N) is 2. The molecule has 3 N–H and O–H groups in total. The van der Waals surface area contributed by atoms with Crippen LogP contribution in [0, 0.1) is 0 Å². The molecular weight excluding hydrogens is 294 g/mol. The average Bonchev–Trinajstić information content (AvgIpc) is 3.24. The maximum absolute atomic E-state index is 11.8. The van der Waals surface area contributed by atoms with Crippen molar-refractivity contribution in [3.8, 4) is 5.82 Å². The summed E-state index contributed by atoms with van der Waals surface area (Å²) in [6.45, 7) is 0.693. The minimum atomic E-state index is -0.731. The number of imidazole rings is 1.